The molecule has 7 nitrogen and oxygen atoms in total. The predicted molar refractivity (Wildman–Crippen MR) is 93.1 cm³/mol. The number of nitrogens with zero attached hydrogens (tertiary/aromatic N) is 2. The topological polar surface area (TPSA) is 97.0 Å². The van der Waals surface area contributed by atoms with Gasteiger partial charge in [-0.1, -0.05) is 6.07 Å². The van der Waals surface area contributed by atoms with Gasteiger partial charge in [0.05, 0.1) is 12.5 Å². The van der Waals surface area contributed by atoms with Gasteiger partial charge in [-0.25, -0.2) is 4.98 Å². The van der Waals surface area contributed by atoms with Crippen molar-refractivity contribution in [2.75, 3.05) is 13.2 Å². The van der Waals surface area contributed by atoms with E-state index in [-0.39, 0.29) is 24.0 Å². The summed E-state index contributed by atoms with van der Waals surface area (Å²) in [6.07, 6.45) is 4.87. The molecule has 2 N–H and O–H groups in total. The van der Waals surface area contributed by atoms with Gasteiger partial charge in [0.15, 0.2) is 5.82 Å². The number of carbonyl (C=O) groups excluding carboxylic acids is 1. The van der Waals surface area contributed by atoms with Crippen LogP contribution in [0.15, 0.2) is 29.2 Å². The number of aromatic amines is 1. The molecule has 132 valence electrons. The summed E-state index contributed by atoms with van der Waals surface area (Å²) in [4.78, 5) is 35.8. The standard InChI is InChI=1S/C18H22N4O3/c1-12-14(10-16(23)20-11-13-6-3-5-9-25-13)18(24)22-17(21-12)15-7-2-4-8-19-15/h2,4,7-8,13H,3,5-6,9-11H2,1H3,(H,20,23)(H,21,22,24)/t13-/m1/s1. The number of carbonyl (C=O) groups is 1. The van der Waals surface area contributed by atoms with Crippen molar-refractivity contribution < 1.29 is 9.53 Å². The first-order chi connectivity index (χ1) is 12.1. The normalized spacial score (nSPS) is 17.2. The molecule has 1 fully saturated rings. The molecule has 0 aromatic carbocycles. The number of ether oxygens (including phenoxy) is 1. The Kier molecular flexibility index (Phi) is 5.55. The Morgan fingerprint density at radius 1 is 1.40 bits per heavy atom. The third-order valence-corrected chi connectivity index (χ3v) is 4.27. The van der Waals surface area contributed by atoms with Gasteiger partial charge in [0, 0.05) is 30.6 Å². The number of H-pyrrole nitrogens is 1. The first-order valence-corrected chi connectivity index (χ1v) is 8.53. The van der Waals surface area contributed by atoms with Crippen LogP contribution >= 0.6 is 0 Å². The maximum absolute atomic E-state index is 12.3. The Balaban J connectivity index is 1.66. The van der Waals surface area contributed by atoms with Gasteiger partial charge in [0.25, 0.3) is 5.56 Å². The highest BCUT2D eigenvalue weighted by Gasteiger charge is 2.17. The average molecular weight is 342 g/mol. The number of aryl methyl sites for hydroxylation is 1. The van der Waals surface area contributed by atoms with Crippen LogP contribution < -0.4 is 10.9 Å². The molecule has 0 radical (unpaired) electrons. The third kappa shape index (κ3) is 4.51. The summed E-state index contributed by atoms with van der Waals surface area (Å²) in [5.41, 5.74) is 1.19. The highest BCUT2D eigenvalue weighted by molar-refractivity contribution is 5.78. The number of aromatic nitrogens is 3. The van der Waals surface area contributed by atoms with Crippen molar-refractivity contribution in [1.82, 2.24) is 20.3 Å². The van der Waals surface area contributed by atoms with Crippen molar-refractivity contribution in [3.05, 3.63) is 46.0 Å². The van der Waals surface area contributed by atoms with Gasteiger partial charge >= 0.3 is 0 Å². The van der Waals surface area contributed by atoms with Crippen molar-refractivity contribution >= 4 is 5.91 Å². The molecular weight excluding hydrogens is 320 g/mol. The number of nitrogens with one attached hydrogen (secondary N) is 2. The molecule has 1 aliphatic heterocycles. The second-order valence-corrected chi connectivity index (χ2v) is 6.16. The number of amides is 1. The van der Waals surface area contributed by atoms with Crippen molar-refractivity contribution in [2.24, 2.45) is 0 Å². The van der Waals surface area contributed by atoms with Crippen molar-refractivity contribution in [3.8, 4) is 11.5 Å². The summed E-state index contributed by atoms with van der Waals surface area (Å²) in [7, 11) is 0. The summed E-state index contributed by atoms with van der Waals surface area (Å²) >= 11 is 0. The van der Waals surface area contributed by atoms with E-state index < -0.39 is 0 Å². The fraction of sp³-hybridized carbons (Fsp3) is 0.444. The predicted octanol–water partition coefficient (Wildman–Crippen LogP) is 1.37. The molecule has 1 saturated heterocycles. The highest BCUT2D eigenvalue weighted by atomic mass is 16.5. The summed E-state index contributed by atoms with van der Waals surface area (Å²) in [6.45, 7) is 2.96. The summed E-state index contributed by atoms with van der Waals surface area (Å²) in [5.74, 6) is 0.207. The number of hydrogen-bond donors (Lipinski definition) is 2. The van der Waals surface area contributed by atoms with Crippen LogP contribution in [0.4, 0.5) is 0 Å². The van der Waals surface area contributed by atoms with E-state index in [0.29, 0.717) is 29.3 Å². The maximum atomic E-state index is 12.3. The van der Waals surface area contributed by atoms with Gasteiger partial charge in [-0.3, -0.25) is 14.6 Å². The Labute approximate surface area is 145 Å². The summed E-state index contributed by atoms with van der Waals surface area (Å²) in [5, 5.41) is 2.84. The van der Waals surface area contributed by atoms with Crippen LogP contribution in [-0.2, 0) is 16.0 Å². The molecule has 25 heavy (non-hydrogen) atoms. The van der Waals surface area contributed by atoms with Gasteiger partial charge in [0.1, 0.15) is 5.69 Å². The van der Waals surface area contributed by atoms with Gasteiger partial charge in [-0.15, -0.1) is 0 Å². The second kappa shape index (κ2) is 8.02. The van der Waals surface area contributed by atoms with Crippen molar-refractivity contribution in [3.63, 3.8) is 0 Å². The van der Waals surface area contributed by atoms with E-state index in [4.69, 9.17) is 4.74 Å². The first-order valence-electron chi connectivity index (χ1n) is 8.53. The van der Waals surface area contributed by atoms with E-state index in [1.54, 1.807) is 25.3 Å². The minimum Gasteiger partial charge on any atom is -0.376 e. The zero-order chi connectivity index (χ0) is 17.6. The zero-order valence-electron chi connectivity index (χ0n) is 14.2. The summed E-state index contributed by atoms with van der Waals surface area (Å²) < 4.78 is 5.59. The van der Waals surface area contributed by atoms with Gasteiger partial charge in [0.2, 0.25) is 5.91 Å². The van der Waals surface area contributed by atoms with Gasteiger partial charge < -0.3 is 15.0 Å². The molecule has 2 aromatic rings. The fourth-order valence-electron chi connectivity index (χ4n) is 2.86. The van der Waals surface area contributed by atoms with E-state index in [1.165, 1.54) is 0 Å². The summed E-state index contributed by atoms with van der Waals surface area (Å²) in [6, 6.07) is 5.39. The molecule has 0 aliphatic carbocycles. The monoisotopic (exact) mass is 342 g/mol. The number of rotatable bonds is 5. The van der Waals surface area contributed by atoms with Crippen molar-refractivity contribution in [1.29, 1.82) is 0 Å². The van der Waals surface area contributed by atoms with E-state index in [9.17, 15) is 9.59 Å². The van der Waals surface area contributed by atoms with Crippen LogP contribution in [0.5, 0.6) is 0 Å². The van der Waals surface area contributed by atoms with E-state index >= 15 is 0 Å². The van der Waals surface area contributed by atoms with Gasteiger partial charge in [-0.2, -0.15) is 0 Å². The smallest absolute Gasteiger partial charge is 0.255 e. The molecule has 3 rings (SSSR count). The first kappa shape index (κ1) is 17.3. The molecule has 0 unspecified atom stereocenters. The second-order valence-electron chi connectivity index (χ2n) is 6.16. The molecule has 1 amide bonds. The quantitative estimate of drug-likeness (QED) is 0.855. The third-order valence-electron chi connectivity index (χ3n) is 4.27. The highest BCUT2D eigenvalue weighted by Crippen LogP contribution is 2.12. The molecule has 0 spiro atoms. The zero-order valence-corrected chi connectivity index (χ0v) is 14.2. The minimum absolute atomic E-state index is 0.00336. The number of hydrogen-bond acceptors (Lipinski definition) is 5. The van der Waals surface area contributed by atoms with Gasteiger partial charge in [-0.05, 0) is 38.3 Å². The Morgan fingerprint density at radius 2 is 2.28 bits per heavy atom. The fourth-order valence-corrected chi connectivity index (χ4v) is 2.86. The largest absolute Gasteiger partial charge is 0.376 e. The lowest BCUT2D eigenvalue weighted by Crippen LogP contribution is -2.37. The van der Waals surface area contributed by atoms with E-state index in [2.05, 4.69) is 20.3 Å². The van der Waals surface area contributed by atoms with Crippen LogP contribution in [0.25, 0.3) is 11.5 Å². The van der Waals surface area contributed by atoms with Crippen LogP contribution in [0.2, 0.25) is 0 Å². The molecule has 7 heteroatoms. The van der Waals surface area contributed by atoms with E-state index in [0.717, 1.165) is 25.9 Å². The maximum Gasteiger partial charge on any atom is 0.255 e. The Hall–Kier alpha value is -2.54. The minimum atomic E-state index is -0.308. The van der Waals surface area contributed by atoms with E-state index in [1.807, 2.05) is 6.07 Å². The number of pyridine rings is 1. The van der Waals surface area contributed by atoms with Crippen LogP contribution in [-0.4, -0.2) is 40.1 Å². The van der Waals surface area contributed by atoms with Crippen LogP contribution in [0.3, 0.4) is 0 Å². The molecule has 0 saturated carbocycles. The molecule has 1 aliphatic rings. The lowest BCUT2D eigenvalue weighted by molar-refractivity contribution is -0.121. The molecule has 2 aromatic heterocycles. The molecule has 0 bridgehead atoms. The lowest BCUT2D eigenvalue weighted by Gasteiger charge is -2.22. The lowest BCUT2D eigenvalue weighted by atomic mass is 10.1. The average Bonchev–Trinajstić information content (AvgIpc) is 2.64. The molecule has 1 atom stereocenters. The molecular formula is C18H22N4O3. The SMILES string of the molecule is Cc1nc(-c2ccccn2)[nH]c(=O)c1CC(=O)NC[C@H]1CCCCO1. The molecule has 3 heterocycles. The van der Waals surface area contributed by atoms with Crippen LogP contribution in [0, 0.1) is 6.92 Å². The van der Waals surface area contributed by atoms with Crippen molar-refractivity contribution in [2.45, 2.75) is 38.7 Å². The van der Waals surface area contributed by atoms with Crippen LogP contribution in [0.1, 0.15) is 30.5 Å². The Morgan fingerprint density at radius 3 is 2.96 bits per heavy atom. The Bertz CT molecular complexity index is 783.